The van der Waals surface area contributed by atoms with Crippen LogP contribution in [0.3, 0.4) is 0 Å². The fourth-order valence-corrected chi connectivity index (χ4v) is 3.17. The Balaban J connectivity index is 2.36. The van der Waals surface area contributed by atoms with Gasteiger partial charge in [0, 0.05) is 4.47 Å². The highest BCUT2D eigenvalue weighted by atomic mass is 79.9. The molecule has 1 fully saturated rings. The Kier molecular flexibility index (Phi) is 3.47. The van der Waals surface area contributed by atoms with Gasteiger partial charge in [0.2, 0.25) is 0 Å². The Labute approximate surface area is 100 Å². The van der Waals surface area contributed by atoms with E-state index in [0.717, 1.165) is 19.0 Å². The van der Waals surface area contributed by atoms with E-state index in [9.17, 15) is 0 Å². The van der Waals surface area contributed by atoms with Gasteiger partial charge in [-0.1, -0.05) is 22.0 Å². The fraction of sp³-hybridized carbons (Fsp3) is 0.538. The van der Waals surface area contributed by atoms with Crippen LogP contribution >= 0.6 is 15.9 Å². The molecule has 0 saturated carbocycles. The molecule has 2 rings (SSSR count). The number of halogens is 1. The van der Waals surface area contributed by atoms with E-state index in [-0.39, 0.29) is 0 Å². The van der Waals surface area contributed by atoms with Crippen LogP contribution in [0.1, 0.15) is 35.4 Å². The van der Waals surface area contributed by atoms with Gasteiger partial charge in [-0.2, -0.15) is 0 Å². The smallest absolute Gasteiger partial charge is 0.0212 e. The molecule has 1 N–H and O–H groups in total. The lowest BCUT2D eigenvalue weighted by Crippen LogP contribution is -2.27. The van der Waals surface area contributed by atoms with Crippen LogP contribution in [0.15, 0.2) is 16.6 Å². The van der Waals surface area contributed by atoms with Crippen LogP contribution in [0, 0.1) is 13.8 Å². The molecular weight excluding hydrogens is 250 g/mol. The molecule has 1 aromatic carbocycles. The van der Waals surface area contributed by atoms with Crippen LogP contribution in [0.25, 0.3) is 0 Å². The summed E-state index contributed by atoms with van der Waals surface area (Å²) in [6.45, 7) is 6.76. The van der Waals surface area contributed by atoms with Crippen LogP contribution in [0.4, 0.5) is 0 Å². The first-order valence-corrected chi connectivity index (χ1v) is 6.45. The Morgan fingerprint density at radius 2 is 1.87 bits per heavy atom. The van der Waals surface area contributed by atoms with Crippen LogP contribution in [-0.2, 0) is 0 Å². The summed E-state index contributed by atoms with van der Waals surface area (Å²) in [6.07, 6.45) is 2.53. The first kappa shape index (κ1) is 11.2. The van der Waals surface area contributed by atoms with Crippen molar-refractivity contribution in [1.82, 2.24) is 5.32 Å². The Bertz CT molecular complexity index is 354. The van der Waals surface area contributed by atoms with Crippen molar-refractivity contribution in [1.29, 1.82) is 0 Å². The molecule has 1 heterocycles. The second-order valence-corrected chi connectivity index (χ2v) is 5.28. The number of rotatable bonds is 1. The molecule has 0 aromatic heterocycles. The lowest BCUT2D eigenvalue weighted by Gasteiger charge is -2.26. The van der Waals surface area contributed by atoms with Crippen LogP contribution in [0.5, 0.6) is 0 Å². The number of hydrogen-bond donors (Lipinski definition) is 1. The largest absolute Gasteiger partial charge is 0.317 e. The number of piperidine rings is 1. The first-order valence-electron chi connectivity index (χ1n) is 5.66. The third kappa shape index (κ3) is 2.26. The zero-order valence-electron chi connectivity index (χ0n) is 9.44. The van der Waals surface area contributed by atoms with Crippen molar-refractivity contribution in [3.8, 4) is 0 Å². The molecule has 82 valence electrons. The van der Waals surface area contributed by atoms with E-state index in [4.69, 9.17) is 0 Å². The van der Waals surface area contributed by atoms with E-state index >= 15 is 0 Å². The van der Waals surface area contributed by atoms with Crippen molar-refractivity contribution in [3.05, 3.63) is 33.3 Å². The second-order valence-electron chi connectivity index (χ2n) is 4.43. The Hall–Kier alpha value is -0.340. The highest BCUT2D eigenvalue weighted by Gasteiger charge is 2.19. The standard InChI is InChI=1S/C13H18BrN/c1-9-3-4-12(14)13(10(9)2)11-5-7-15-8-6-11/h3-4,11,15H,5-8H2,1-2H3. The molecule has 0 bridgehead atoms. The summed E-state index contributed by atoms with van der Waals surface area (Å²) in [6, 6.07) is 4.39. The lowest BCUT2D eigenvalue weighted by atomic mass is 9.86. The maximum absolute atomic E-state index is 3.70. The molecule has 1 nitrogen and oxygen atoms in total. The molecule has 0 unspecified atom stereocenters. The van der Waals surface area contributed by atoms with Gasteiger partial charge in [0.15, 0.2) is 0 Å². The van der Waals surface area contributed by atoms with Gasteiger partial charge in [0.1, 0.15) is 0 Å². The zero-order valence-corrected chi connectivity index (χ0v) is 11.0. The van der Waals surface area contributed by atoms with Crippen molar-refractivity contribution in [2.75, 3.05) is 13.1 Å². The van der Waals surface area contributed by atoms with E-state index in [1.54, 1.807) is 0 Å². The van der Waals surface area contributed by atoms with Gasteiger partial charge in [-0.25, -0.2) is 0 Å². The van der Waals surface area contributed by atoms with Gasteiger partial charge in [-0.15, -0.1) is 0 Å². The molecule has 0 amide bonds. The molecule has 1 aromatic rings. The SMILES string of the molecule is Cc1ccc(Br)c(C2CCNCC2)c1C. The van der Waals surface area contributed by atoms with Gasteiger partial charge in [-0.3, -0.25) is 0 Å². The minimum absolute atomic E-state index is 0.737. The van der Waals surface area contributed by atoms with E-state index in [2.05, 4.69) is 47.2 Å². The number of hydrogen-bond acceptors (Lipinski definition) is 1. The molecule has 0 atom stereocenters. The minimum Gasteiger partial charge on any atom is -0.317 e. The monoisotopic (exact) mass is 267 g/mol. The van der Waals surface area contributed by atoms with Gasteiger partial charge < -0.3 is 5.32 Å². The Morgan fingerprint density at radius 1 is 1.20 bits per heavy atom. The molecule has 2 heteroatoms. The predicted octanol–water partition coefficient (Wildman–Crippen LogP) is 3.53. The summed E-state index contributed by atoms with van der Waals surface area (Å²) in [5, 5.41) is 3.42. The summed E-state index contributed by atoms with van der Waals surface area (Å²) >= 11 is 3.70. The highest BCUT2D eigenvalue weighted by Crippen LogP contribution is 2.34. The Morgan fingerprint density at radius 3 is 2.53 bits per heavy atom. The molecule has 1 saturated heterocycles. The van der Waals surface area contributed by atoms with E-state index in [1.165, 1.54) is 34.0 Å². The maximum Gasteiger partial charge on any atom is 0.0212 e. The summed E-state index contributed by atoms with van der Waals surface area (Å²) in [5.74, 6) is 0.737. The van der Waals surface area contributed by atoms with Crippen molar-refractivity contribution in [3.63, 3.8) is 0 Å². The average Bonchev–Trinajstić information content (AvgIpc) is 2.26. The predicted molar refractivity (Wildman–Crippen MR) is 68.5 cm³/mol. The second kappa shape index (κ2) is 4.67. The maximum atomic E-state index is 3.70. The van der Waals surface area contributed by atoms with Gasteiger partial charge in [0.05, 0.1) is 0 Å². The van der Waals surface area contributed by atoms with Crippen LogP contribution < -0.4 is 5.32 Å². The normalized spacial score (nSPS) is 18.1. The lowest BCUT2D eigenvalue weighted by molar-refractivity contribution is 0.458. The molecule has 1 aliphatic heterocycles. The van der Waals surface area contributed by atoms with Crippen molar-refractivity contribution in [2.24, 2.45) is 0 Å². The molecule has 1 aliphatic rings. The van der Waals surface area contributed by atoms with Crippen molar-refractivity contribution >= 4 is 15.9 Å². The molecular formula is C13H18BrN. The summed E-state index contributed by atoms with van der Waals surface area (Å²) < 4.78 is 1.29. The van der Waals surface area contributed by atoms with E-state index in [0.29, 0.717) is 0 Å². The molecule has 0 spiro atoms. The molecule has 0 radical (unpaired) electrons. The fourth-order valence-electron chi connectivity index (χ4n) is 2.42. The topological polar surface area (TPSA) is 12.0 Å². The number of aryl methyl sites for hydroxylation is 1. The molecule has 15 heavy (non-hydrogen) atoms. The first-order chi connectivity index (χ1) is 7.20. The van der Waals surface area contributed by atoms with Gasteiger partial charge >= 0.3 is 0 Å². The third-order valence-electron chi connectivity index (χ3n) is 3.48. The average molecular weight is 268 g/mol. The zero-order chi connectivity index (χ0) is 10.8. The summed E-state index contributed by atoms with van der Waals surface area (Å²) in [4.78, 5) is 0. The van der Waals surface area contributed by atoms with Gasteiger partial charge in [0.25, 0.3) is 0 Å². The van der Waals surface area contributed by atoms with Crippen molar-refractivity contribution < 1.29 is 0 Å². The quantitative estimate of drug-likeness (QED) is 0.821. The third-order valence-corrected chi connectivity index (χ3v) is 4.17. The van der Waals surface area contributed by atoms with Crippen molar-refractivity contribution in [2.45, 2.75) is 32.6 Å². The van der Waals surface area contributed by atoms with E-state index in [1.807, 2.05) is 0 Å². The summed E-state index contributed by atoms with van der Waals surface area (Å²) in [7, 11) is 0. The number of nitrogens with one attached hydrogen (secondary N) is 1. The van der Waals surface area contributed by atoms with Gasteiger partial charge in [-0.05, 0) is 68.5 Å². The summed E-state index contributed by atoms with van der Waals surface area (Å²) in [5.41, 5.74) is 4.42. The molecule has 0 aliphatic carbocycles. The van der Waals surface area contributed by atoms with Crippen LogP contribution in [-0.4, -0.2) is 13.1 Å². The number of benzene rings is 1. The van der Waals surface area contributed by atoms with Crippen LogP contribution in [0.2, 0.25) is 0 Å². The highest BCUT2D eigenvalue weighted by molar-refractivity contribution is 9.10. The minimum atomic E-state index is 0.737. The van der Waals surface area contributed by atoms with E-state index < -0.39 is 0 Å².